The monoisotopic (exact) mass is 439 g/mol. The van der Waals surface area contributed by atoms with Gasteiger partial charge >= 0.3 is 5.97 Å². The first-order valence-corrected chi connectivity index (χ1v) is 11.2. The molecule has 2 aromatic carbocycles. The van der Waals surface area contributed by atoms with Crippen LogP contribution in [0.1, 0.15) is 10.4 Å². The summed E-state index contributed by atoms with van der Waals surface area (Å²) in [5.41, 5.74) is 0.314. The van der Waals surface area contributed by atoms with Crippen molar-refractivity contribution in [2.24, 2.45) is 0 Å². The number of rotatable bonds is 5. The third-order valence-corrected chi connectivity index (χ3v) is 7.09. The Morgan fingerprint density at radius 2 is 1.58 bits per heavy atom. The summed E-state index contributed by atoms with van der Waals surface area (Å²) in [5.74, 6) is -0.960. The number of carbonyl (C=O) groups is 2. The fourth-order valence-corrected chi connectivity index (χ4v) is 4.90. The molecule has 0 aliphatic carbocycles. The molecular weight excluding hydrogens is 418 g/mol. The highest BCUT2D eigenvalue weighted by Gasteiger charge is 2.30. The first-order valence-electron chi connectivity index (χ1n) is 9.79. The van der Waals surface area contributed by atoms with E-state index in [4.69, 9.17) is 4.74 Å². The fourth-order valence-electron chi connectivity index (χ4n) is 3.44. The highest BCUT2D eigenvalue weighted by molar-refractivity contribution is 7.89. The van der Waals surface area contributed by atoms with Gasteiger partial charge in [0.2, 0.25) is 10.0 Å². The van der Waals surface area contributed by atoms with Gasteiger partial charge in [-0.2, -0.15) is 4.31 Å². The minimum absolute atomic E-state index is 0.180. The molecule has 0 bridgehead atoms. The number of benzene rings is 2. The number of pyridine rings is 1. The van der Waals surface area contributed by atoms with Gasteiger partial charge < -0.3 is 9.64 Å². The molecule has 0 atom stereocenters. The van der Waals surface area contributed by atoms with Crippen LogP contribution in [-0.2, 0) is 19.6 Å². The van der Waals surface area contributed by atoms with Gasteiger partial charge in [0.05, 0.1) is 10.5 Å². The van der Waals surface area contributed by atoms with Gasteiger partial charge in [0.25, 0.3) is 5.91 Å². The molecule has 9 heteroatoms. The van der Waals surface area contributed by atoms with Crippen molar-refractivity contribution in [3.05, 3.63) is 72.6 Å². The number of carbonyl (C=O) groups excluding carboxylic acids is 2. The number of piperazine rings is 1. The first-order chi connectivity index (χ1) is 14.9. The molecule has 1 aliphatic rings. The van der Waals surface area contributed by atoms with Crippen molar-refractivity contribution < 1.29 is 22.7 Å². The fraction of sp³-hybridized carbons (Fsp3) is 0.227. The number of sulfonamides is 1. The largest absolute Gasteiger partial charge is 0.452 e. The third-order valence-electron chi connectivity index (χ3n) is 5.19. The molecule has 1 fully saturated rings. The lowest BCUT2D eigenvalue weighted by atomic mass is 10.1. The average molecular weight is 439 g/mol. The number of ether oxygens (including phenoxy) is 1. The predicted octanol–water partition coefficient (Wildman–Crippen LogP) is 1.92. The van der Waals surface area contributed by atoms with Crippen LogP contribution in [0.5, 0.6) is 0 Å². The summed E-state index contributed by atoms with van der Waals surface area (Å²) in [6, 6.07) is 15.6. The van der Waals surface area contributed by atoms with Gasteiger partial charge in [0.15, 0.2) is 6.61 Å². The molecule has 8 nitrogen and oxygen atoms in total. The zero-order chi connectivity index (χ0) is 21.8. The van der Waals surface area contributed by atoms with E-state index < -0.39 is 22.6 Å². The van der Waals surface area contributed by atoms with Crippen LogP contribution >= 0.6 is 0 Å². The summed E-state index contributed by atoms with van der Waals surface area (Å²) in [6.45, 7) is 0.438. The van der Waals surface area contributed by atoms with Gasteiger partial charge in [-0.3, -0.25) is 9.78 Å². The Morgan fingerprint density at radius 1 is 0.903 bits per heavy atom. The number of hydrogen-bond acceptors (Lipinski definition) is 6. The normalized spacial score (nSPS) is 15.0. The van der Waals surface area contributed by atoms with E-state index in [0.29, 0.717) is 5.56 Å². The van der Waals surface area contributed by atoms with E-state index in [1.54, 1.807) is 18.2 Å². The van der Waals surface area contributed by atoms with Crippen molar-refractivity contribution in [1.82, 2.24) is 14.2 Å². The Balaban J connectivity index is 1.35. The van der Waals surface area contributed by atoms with Crippen LogP contribution in [0, 0.1) is 0 Å². The van der Waals surface area contributed by atoms with E-state index in [9.17, 15) is 18.0 Å². The van der Waals surface area contributed by atoms with E-state index in [0.717, 1.165) is 10.8 Å². The zero-order valence-corrected chi connectivity index (χ0v) is 17.5. The Labute approximate surface area is 180 Å². The van der Waals surface area contributed by atoms with E-state index in [-0.39, 0.29) is 37.0 Å². The second kappa shape index (κ2) is 8.83. The van der Waals surface area contributed by atoms with Gasteiger partial charge in [-0.1, -0.05) is 30.3 Å². The number of fused-ring (bicyclic) bond motifs is 1. The third kappa shape index (κ3) is 4.57. The minimum Gasteiger partial charge on any atom is -0.452 e. The van der Waals surface area contributed by atoms with E-state index in [2.05, 4.69) is 4.98 Å². The second-order valence-corrected chi connectivity index (χ2v) is 9.04. The van der Waals surface area contributed by atoms with E-state index in [1.165, 1.54) is 33.7 Å². The lowest BCUT2D eigenvalue weighted by Gasteiger charge is -2.33. The standard InChI is InChI=1S/C22H21N3O5S/c26-21(16-30-22(27)18-7-9-23-10-8-18)24-11-13-25(14-12-24)31(28,29)20-6-5-17-3-1-2-4-19(17)15-20/h1-10,15H,11-14,16H2. The van der Waals surface area contributed by atoms with Crippen molar-refractivity contribution in [3.63, 3.8) is 0 Å². The van der Waals surface area contributed by atoms with Crippen LogP contribution in [0.3, 0.4) is 0 Å². The van der Waals surface area contributed by atoms with E-state index >= 15 is 0 Å². The zero-order valence-electron chi connectivity index (χ0n) is 16.7. The summed E-state index contributed by atoms with van der Waals surface area (Å²) in [7, 11) is -3.66. The summed E-state index contributed by atoms with van der Waals surface area (Å²) in [5, 5.41) is 1.83. The van der Waals surface area contributed by atoms with Crippen LogP contribution < -0.4 is 0 Å². The van der Waals surface area contributed by atoms with Crippen LogP contribution in [0.25, 0.3) is 10.8 Å². The number of nitrogens with zero attached hydrogens (tertiary/aromatic N) is 3. The SMILES string of the molecule is O=C(OCC(=O)N1CCN(S(=O)(=O)c2ccc3ccccc3c2)CC1)c1ccncc1. The molecule has 1 aromatic heterocycles. The van der Waals surface area contributed by atoms with Gasteiger partial charge in [-0.25, -0.2) is 13.2 Å². The number of aromatic nitrogens is 1. The summed E-state index contributed by atoms with van der Waals surface area (Å²) < 4.78 is 32.5. The molecule has 1 amide bonds. The lowest BCUT2D eigenvalue weighted by molar-refractivity contribution is -0.135. The number of hydrogen-bond donors (Lipinski definition) is 0. The molecule has 0 radical (unpaired) electrons. The van der Waals surface area contributed by atoms with Crippen molar-refractivity contribution in [1.29, 1.82) is 0 Å². The molecule has 0 saturated carbocycles. The quantitative estimate of drug-likeness (QED) is 0.564. The molecular formula is C22H21N3O5S. The maximum Gasteiger partial charge on any atom is 0.338 e. The van der Waals surface area contributed by atoms with Crippen LogP contribution in [-0.4, -0.2) is 67.3 Å². The van der Waals surface area contributed by atoms with Gasteiger partial charge in [-0.05, 0) is 35.0 Å². The summed E-state index contributed by atoms with van der Waals surface area (Å²) in [6.07, 6.45) is 2.93. The van der Waals surface area contributed by atoms with Crippen molar-refractivity contribution >= 4 is 32.7 Å². The molecule has 2 heterocycles. The minimum atomic E-state index is -3.66. The Kier molecular flexibility index (Phi) is 5.97. The molecule has 0 unspecified atom stereocenters. The molecule has 31 heavy (non-hydrogen) atoms. The van der Waals surface area contributed by atoms with Gasteiger partial charge in [0.1, 0.15) is 0 Å². The first kappa shape index (κ1) is 21.0. The summed E-state index contributed by atoms with van der Waals surface area (Å²) in [4.78, 5) is 29.9. The van der Waals surface area contributed by atoms with Crippen molar-refractivity contribution in [3.8, 4) is 0 Å². The van der Waals surface area contributed by atoms with Crippen molar-refractivity contribution in [2.45, 2.75) is 4.90 Å². The molecule has 0 spiro atoms. The molecule has 0 N–H and O–H groups in total. The summed E-state index contributed by atoms with van der Waals surface area (Å²) >= 11 is 0. The molecule has 1 aliphatic heterocycles. The Hall–Kier alpha value is -3.30. The maximum absolute atomic E-state index is 13.0. The highest BCUT2D eigenvalue weighted by Crippen LogP contribution is 2.22. The average Bonchev–Trinajstić information content (AvgIpc) is 2.82. The van der Waals surface area contributed by atoms with Gasteiger partial charge in [-0.15, -0.1) is 0 Å². The van der Waals surface area contributed by atoms with Crippen LogP contribution in [0.15, 0.2) is 71.9 Å². The Morgan fingerprint density at radius 3 is 2.29 bits per heavy atom. The number of esters is 1. The van der Waals surface area contributed by atoms with E-state index in [1.807, 2.05) is 24.3 Å². The molecule has 3 aromatic rings. The lowest BCUT2D eigenvalue weighted by Crippen LogP contribution is -2.51. The molecule has 4 rings (SSSR count). The highest BCUT2D eigenvalue weighted by atomic mass is 32.2. The Bertz CT molecular complexity index is 1210. The smallest absolute Gasteiger partial charge is 0.338 e. The molecule has 160 valence electrons. The predicted molar refractivity (Wildman–Crippen MR) is 114 cm³/mol. The molecule has 1 saturated heterocycles. The van der Waals surface area contributed by atoms with Crippen LogP contribution in [0.4, 0.5) is 0 Å². The number of amides is 1. The van der Waals surface area contributed by atoms with Gasteiger partial charge in [0, 0.05) is 38.6 Å². The topological polar surface area (TPSA) is 96.9 Å². The maximum atomic E-state index is 13.0. The van der Waals surface area contributed by atoms with Crippen molar-refractivity contribution in [2.75, 3.05) is 32.8 Å². The van der Waals surface area contributed by atoms with Crippen LogP contribution in [0.2, 0.25) is 0 Å². The second-order valence-electron chi connectivity index (χ2n) is 7.11.